The highest BCUT2D eigenvalue weighted by atomic mass is 35.5. The zero-order valence-corrected chi connectivity index (χ0v) is 25.8. The highest BCUT2D eigenvalue weighted by Gasteiger charge is 2.26. The van der Waals surface area contributed by atoms with E-state index in [0.29, 0.717) is 32.9 Å². The molecule has 0 saturated heterocycles. The number of nitrogens with two attached hydrogens (primary N) is 1. The predicted octanol–water partition coefficient (Wildman–Crippen LogP) is 7.28. The third-order valence-corrected chi connectivity index (χ3v) is 8.94. The van der Waals surface area contributed by atoms with Crippen LogP contribution in [0.5, 0.6) is 11.6 Å². The molecule has 0 unspecified atom stereocenters. The minimum absolute atomic E-state index is 0.0386. The fourth-order valence-electron chi connectivity index (χ4n) is 5.77. The summed E-state index contributed by atoms with van der Waals surface area (Å²) in [4.78, 5) is 31.5. The van der Waals surface area contributed by atoms with E-state index < -0.39 is 0 Å². The maximum atomic E-state index is 13.9. The molecule has 2 heterocycles. The molecule has 0 spiro atoms. The van der Waals surface area contributed by atoms with Crippen molar-refractivity contribution in [2.45, 2.75) is 57.3 Å². The Morgan fingerprint density at radius 1 is 0.977 bits per heavy atom. The van der Waals surface area contributed by atoms with Gasteiger partial charge < -0.3 is 15.8 Å². The molecule has 0 aliphatic heterocycles. The molecule has 1 atom stereocenters. The zero-order chi connectivity index (χ0) is 30.8. The topological polar surface area (TPSA) is 104 Å². The molecule has 0 bridgehead atoms. The van der Waals surface area contributed by atoms with Crippen LogP contribution in [0, 0.1) is 0 Å². The number of hydrogen-bond acceptors (Lipinski definition) is 5. The number of nitrogens with zero attached hydrogens (tertiary/aromatic N) is 3. The molecule has 0 radical (unpaired) electrons. The zero-order valence-electron chi connectivity index (χ0n) is 24.3. The smallest absolute Gasteiger partial charge is 0.330 e. The van der Waals surface area contributed by atoms with Crippen LogP contribution in [0.3, 0.4) is 0 Å². The summed E-state index contributed by atoms with van der Waals surface area (Å²) < 4.78 is 9.59. The van der Waals surface area contributed by atoms with Crippen LogP contribution in [0.2, 0.25) is 10.0 Å². The third kappa shape index (κ3) is 6.38. The number of benzene rings is 3. The fraction of sp³-hybridized carbons (Fsp3) is 0.265. The van der Waals surface area contributed by atoms with Crippen LogP contribution in [-0.2, 0) is 6.54 Å². The van der Waals surface area contributed by atoms with Crippen LogP contribution in [0.25, 0.3) is 11.2 Å². The number of rotatable bonds is 8. The molecule has 1 aliphatic rings. The van der Waals surface area contributed by atoms with Crippen LogP contribution in [0.15, 0.2) is 89.7 Å². The van der Waals surface area contributed by atoms with Crippen LogP contribution in [0.1, 0.15) is 66.2 Å². The number of carbonyl (C=O) groups excluding carboxylic acids is 1. The van der Waals surface area contributed by atoms with Gasteiger partial charge in [-0.1, -0.05) is 59.6 Å². The molecule has 5 aromatic rings. The van der Waals surface area contributed by atoms with Crippen LogP contribution < -0.4 is 21.5 Å². The average molecular weight is 631 g/mol. The van der Waals surface area contributed by atoms with Gasteiger partial charge in [-0.3, -0.25) is 13.9 Å². The van der Waals surface area contributed by atoms with Gasteiger partial charge in [0.05, 0.1) is 28.1 Å². The van der Waals surface area contributed by atoms with E-state index in [0.717, 1.165) is 42.3 Å². The number of halogens is 2. The van der Waals surface area contributed by atoms with E-state index in [1.54, 1.807) is 47.0 Å². The van der Waals surface area contributed by atoms with Crippen LogP contribution in [-0.4, -0.2) is 26.1 Å². The number of hydrogen-bond donors (Lipinski definition) is 2. The van der Waals surface area contributed by atoms with E-state index in [-0.39, 0.29) is 36.3 Å². The summed E-state index contributed by atoms with van der Waals surface area (Å²) >= 11 is 12.4. The lowest BCUT2D eigenvalue weighted by atomic mass is 9.91. The molecule has 1 fully saturated rings. The Balaban J connectivity index is 1.26. The van der Waals surface area contributed by atoms with Gasteiger partial charge in [0.2, 0.25) is 5.88 Å². The van der Waals surface area contributed by atoms with Gasteiger partial charge >= 0.3 is 5.69 Å². The molecule has 8 nitrogen and oxygen atoms in total. The molecule has 6 rings (SSSR count). The maximum absolute atomic E-state index is 13.9. The number of aromatic nitrogens is 3. The van der Waals surface area contributed by atoms with E-state index in [4.69, 9.17) is 38.7 Å². The Labute approximate surface area is 265 Å². The number of ether oxygens (including phenoxy) is 1. The molecule has 1 aliphatic carbocycles. The van der Waals surface area contributed by atoms with Gasteiger partial charge in [0.25, 0.3) is 5.91 Å². The monoisotopic (exact) mass is 629 g/mol. The van der Waals surface area contributed by atoms with Crippen molar-refractivity contribution in [1.29, 1.82) is 0 Å². The van der Waals surface area contributed by atoms with Crippen molar-refractivity contribution >= 4 is 40.3 Å². The lowest BCUT2D eigenvalue weighted by Gasteiger charge is -2.26. The Morgan fingerprint density at radius 3 is 2.41 bits per heavy atom. The lowest BCUT2D eigenvalue weighted by Crippen LogP contribution is -2.33. The lowest BCUT2D eigenvalue weighted by molar-refractivity contribution is 0.0940. The van der Waals surface area contributed by atoms with Crippen molar-refractivity contribution in [2.75, 3.05) is 0 Å². The highest BCUT2D eigenvalue weighted by Crippen LogP contribution is 2.31. The van der Waals surface area contributed by atoms with Crippen LogP contribution in [0.4, 0.5) is 0 Å². The average Bonchev–Trinajstić information content (AvgIpc) is 3.30. The Hall–Kier alpha value is -4.11. The summed E-state index contributed by atoms with van der Waals surface area (Å²) in [7, 11) is 0. The molecule has 1 amide bonds. The van der Waals surface area contributed by atoms with E-state index in [1.165, 1.54) is 0 Å². The molecule has 3 N–H and O–H groups in total. The largest absolute Gasteiger partial charge is 0.439 e. The summed E-state index contributed by atoms with van der Waals surface area (Å²) in [5.74, 6) is 0.672. The summed E-state index contributed by atoms with van der Waals surface area (Å²) in [6.45, 7) is 2.22. The maximum Gasteiger partial charge on any atom is 0.330 e. The Kier molecular flexibility index (Phi) is 8.75. The van der Waals surface area contributed by atoms with Crippen molar-refractivity contribution in [3.8, 4) is 11.6 Å². The summed E-state index contributed by atoms with van der Waals surface area (Å²) in [5.41, 5.74) is 9.64. The first-order chi connectivity index (χ1) is 21.3. The van der Waals surface area contributed by atoms with Gasteiger partial charge in [-0.2, -0.15) is 4.98 Å². The van der Waals surface area contributed by atoms with E-state index >= 15 is 0 Å². The number of imidazole rings is 1. The highest BCUT2D eigenvalue weighted by molar-refractivity contribution is 6.42. The SMILES string of the molecule is C[C@@H](NC(=O)c1ccc(Oc2ccc3c(n2)n(Cc2ccc(Cl)c(Cl)c2)c(=O)n3C2CCC(N)CC2)cc1)c1ccccc1. The second-order valence-electron chi connectivity index (χ2n) is 11.3. The summed E-state index contributed by atoms with van der Waals surface area (Å²) in [5, 5.41) is 3.89. The molecule has 44 heavy (non-hydrogen) atoms. The first-order valence-electron chi connectivity index (χ1n) is 14.7. The van der Waals surface area contributed by atoms with Crippen LogP contribution >= 0.6 is 23.2 Å². The number of pyridine rings is 1. The van der Waals surface area contributed by atoms with Gasteiger partial charge in [-0.05, 0) is 86.2 Å². The number of carbonyl (C=O) groups is 1. The summed E-state index contributed by atoms with van der Waals surface area (Å²) in [6.07, 6.45) is 3.39. The minimum atomic E-state index is -0.177. The van der Waals surface area contributed by atoms with Gasteiger partial charge in [0.15, 0.2) is 5.65 Å². The molecule has 10 heteroatoms. The van der Waals surface area contributed by atoms with Gasteiger partial charge in [-0.15, -0.1) is 0 Å². The summed E-state index contributed by atoms with van der Waals surface area (Å²) in [6, 6.07) is 25.7. The van der Waals surface area contributed by atoms with Crippen molar-refractivity contribution in [1.82, 2.24) is 19.4 Å². The molecule has 226 valence electrons. The second kappa shape index (κ2) is 12.9. The number of amides is 1. The Morgan fingerprint density at radius 2 is 1.70 bits per heavy atom. The molecular formula is C34H33Cl2N5O3. The second-order valence-corrected chi connectivity index (χ2v) is 12.1. The number of fused-ring (bicyclic) bond motifs is 1. The standard InChI is InChI=1S/C34H33Cl2N5O3/c1-21(23-5-3-2-4-6-23)38-33(42)24-8-14-27(15-9-24)44-31-18-17-30-32(39-31)40(20-22-7-16-28(35)29(36)19-22)34(43)41(30)26-12-10-25(37)11-13-26/h2-9,14-19,21,25-26H,10-13,20,37H2,1H3,(H,38,42)/t21-,25?,26?/m1/s1. The van der Waals surface area contributed by atoms with Gasteiger partial charge in [-0.25, -0.2) is 4.79 Å². The number of nitrogens with one attached hydrogen (secondary N) is 1. The van der Waals surface area contributed by atoms with Crippen molar-refractivity contribution in [3.05, 3.63) is 122 Å². The molecule has 1 saturated carbocycles. The van der Waals surface area contributed by atoms with Crippen molar-refractivity contribution in [3.63, 3.8) is 0 Å². The molecular weight excluding hydrogens is 597 g/mol. The quantitative estimate of drug-likeness (QED) is 0.188. The first-order valence-corrected chi connectivity index (χ1v) is 15.5. The molecule has 2 aromatic heterocycles. The van der Waals surface area contributed by atoms with Crippen molar-refractivity contribution in [2.24, 2.45) is 5.73 Å². The van der Waals surface area contributed by atoms with Gasteiger partial charge in [0, 0.05) is 23.7 Å². The van der Waals surface area contributed by atoms with Gasteiger partial charge in [0.1, 0.15) is 5.75 Å². The minimum Gasteiger partial charge on any atom is -0.439 e. The predicted molar refractivity (Wildman–Crippen MR) is 174 cm³/mol. The van der Waals surface area contributed by atoms with E-state index in [9.17, 15) is 9.59 Å². The van der Waals surface area contributed by atoms with E-state index in [1.807, 2.05) is 54.0 Å². The molecule has 3 aromatic carbocycles. The fourth-order valence-corrected chi connectivity index (χ4v) is 6.09. The Bertz CT molecular complexity index is 1850. The van der Waals surface area contributed by atoms with E-state index in [2.05, 4.69) is 5.32 Å². The van der Waals surface area contributed by atoms with Crippen molar-refractivity contribution < 1.29 is 9.53 Å². The first kappa shape index (κ1) is 29.9. The normalized spacial score (nSPS) is 17.4. The third-order valence-electron chi connectivity index (χ3n) is 8.20.